The minimum absolute atomic E-state index is 0.105. The van der Waals surface area contributed by atoms with Crippen LogP contribution in [-0.4, -0.2) is 35.5 Å². The van der Waals surface area contributed by atoms with Gasteiger partial charge in [0.2, 0.25) is 0 Å². The summed E-state index contributed by atoms with van der Waals surface area (Å²) in [4.78, 5) is 2.24. The Bertz CT molecular complexity index is 394. The van der Waals surface area contributed by atoms with Gasteiger partial charge in [0.15, 0.2) is 0 Å². The molecule has 1 saturated heterocycles. The number of thioether (sulfide) groups is 1. The maximum Gasteiger partial charge on any atom is 0.126 e. The summed E-state index contributed by atoms with van der Waals surface area (Å²) < 4.78 is 26.6. The van der Waals surface area contributed by atoms with E-state index in [1.807, 2.05) is 11.8 Å². The van der Waals surface area contributed by atoms with Crippen molar-refractivity contribution in [2.45, 2.75) is 19.0 Å². The highest BCUT2D eigenvalue weighted by molar-refractivity contribution is 7.99. The summed E-state index contributed by atoms with van der Waals surface area (Å²) in [7, 11) is 0. The molecule has 1 aliphatic rings. The zero-order chi connectivity index (χ0) is 13.1. The zero-order valence-corrected chi connectivity index (χ0v) is 11.2. The van der Waals surface area contributed by atoms with Crippen molar-refractivity contribution in [3.05, 3.63) is 35.4 Å². The molecule has 0 amide bonds. The van der Waals surface area contributed by atoms with Gasteiger partial charge in [0.05, 0.1) is 0 Å². The van der Waals surface area contributed by atoms with Crippen molar-refractivity contribution in [3.8, 4) is 0 Å². The molecule has 1 fully saturated rings. The van der Waals surface area contributed by atoms with Crippen LogP contribution >= 0.6 is 11.8 Å². The second-order valence-corrected chi connectivity index (χ2v) is 5.77. The van der Waals surface area contributed by atoms with Gasteiger partial charge >= 0.3 is 0 Å². The van der Waals surface area contributed by atoms with E-state index in [4.69, 9.17) is 5.73 Å². The van der Waals surface area contributed by atoms with Gasteiger partial charge in [-0.25, -0.2) is 8.78 Å². The van der Waals surface area contributed by atoms with Crippen molar-refractivity contribution in [3.63, 3.8) is 0 Å². The van der Waals surface area contributed by atoms with Crippen molar-refractivity contribution in [1.82, 2.24) is 4.90 Å². The molecule has 18 heavy (non-hydrogen) atoms. The topological polar surface area (TPSA) is 29.3 Å². The minimum Gasteiger partial charge on any atom is -0.329 e. The Morgan fingerprint density at radius 2 is 2.06 bits per heavy atom. The normalized spacial score (nSPS) is 23.0. The average Bonchev–Trinajstić information content (AvgIpc) is 2.31. The van der Waals surface area contributed by atoms with Crippen molar-refractivity contribution in [2.24, 2.45) is 5.73 Å². The molecule has 1 heterocycles. The van der Waals surface area contributed by atoms with Gasteiger partial charge < -0.3 is 5.73 Å². The molecule has 5 heteroatoms. The molecule has 0 spiro atoms. The van der Waals surface area contributed by atoms with Crippen molar-refractivity contribution in [1.29, 1.82) is 0 Å². The molecule has 1 aromatic rings. The van der Waals surface area contributed by atoms with Crippen molar-refractivity contribution >= 4 is 11.8 Å². The van der Waals surface area contributed by atoms with Gasteiger partial charge in [-0.15, -0.1) is 0 Å². The van der Waals surface area contributed by atoms with E-state index >= 15 is 0 Å². The minimum atomic E-state index is -0.539. The first-order valence-electron chi connectivity index (χ1n) is 6.11. The molecule has 0 saturated carbocycles. The predicted octanol–water partition coefficient (Wildman–Crippen LogP) is 2.40. The highest BCUT2D eigenvalue weighted by Crippen LogP contribution is 2.28. The zero-order valence-electron chi connectivity index (χ0n) is 10.4. The Balaban J connectivity index is 2.26. The largest absolute Gasteiger partial charge is 0.329 e. The Morgan fingerprint density at radius 1 is 1.39 bits per heavy atom. The van der Waals surface area contributed by atoms with Crippen LogP contribution in [0.1, 0.15) is 18.5 Å². The molecule has 1 aliphatic heterocycles. The van der Waals surface area contributed by atoms with Gasteiger partial charge in [-0.2, -0.15) is 11.8 Å². The first-order chi connectivity index (χ1) is 8.61. The maximum absolute atomic E-state index is 13.3. The van der Waals surface area contributed by atoms with Crippen LogP contribution in [0.4, 0.5) is 8.78 Å². The first-order valence-corrected chi connectivity index (χ1v) is 7.27. The summed E-state index contributed by atoms with van der Waals surface area (Å²) in [5.74, 6) is 0.998. The lowest BCUT2D eigenvalue weighted by Crippen LogP contribution is -2.45. The molecule has 2 rings (SSSR count). The van der Waals surface area contributed by atoms with Gasteiger partial charge in [0, 0.05) is 42.7 Å². The number of hydrogen-bond donors (Lipinski definition) is 1. The maximum atomic E-state index is 13.3. The molecular weight excluding hydrogens is 254 g/mol. The van der Waals surface area contributed by atoms with E-state index in [1.165, 1.54) is 12.1 Å². The first kappa shape index (κ1) is 13.8. The summed E-state index contributed by atoms with van der Waals surface area (Å²) in [6, 6.07) is 3.94. The summed E-state index contributed by atoms with van der Waals surface area (Å²) in [6.07, 6.45) is 0. The van der Waals surface area contributed by atoms with Gasteiger partial charge in [-0.3, -0.25) is 4.90 Å². The molecule has 0 aliphatic carbocycles. The fraction of sp³-hybridized carbons (Fsp3) is 0.538. The van der Waals surface area contributed by atoms with Crippen LogP contribution in [0.15, 0.2) is 18.2 Å². The molecule has 2 unspecified atom stereocenters. The van der Waals surface area contributed by atoms with Crippen LogP contribution in [0, 0.1) is 11.6 Å². The monoisotopic (exact) mass is 272 g/mol. The number of benzene rings is 1. The lowest BCUT2D eigenvalue weighted by Gasteiger charge is -2.39. The second-order valence-electron chi connectivity index (χ2n) is 4.62. The summed E-state index contributed by atoms with van der Waals surface area (Å²) in [6.45, 7) is 3.41. The Hall–Kier alpha value is -0.650. The smallest absolute Gasteiger partial charge is 0.126 e. The van der Waals surface area contributed by atoms with Crippen LogP contribution in [0.3, 0.4) is 0 Å². The third-order valence-corrected chi connectivity index (χ3v) is 4.50. The predicted molar refractivity (Wildman–Crippen MR) is 71.6 cm³/mol. The van der Waals surface area contributed by atoms with Crippen molar-refractivity contribution in [2.75, 3.05) is 24.6 Å². The van der Waals surface area contributed by atoms with Gasteiger partial charge in [0.1, 0.15) is 11.6 Å². The summed E-state index contributed by atoms with van der Waals surface area (Å²) in [5.41, 5.74) is 6.44. The molecule has 0 bridgehead atoms. The number of halogens is 2. The third-order valence-electron chi connectivity index (χ3n) is 3.31. The number of rotatable bonds is 3. The van der Waals surface area contributed by atoms with E-state index in [0.717, 1.165) is 24.1 Å². The van der Waals surface area contributed by atoms with Crippen LogP contribution in [0.25, 0.3) is 0 Å². The molecule has 2 N–H and O–H groups in total. The lowest BCUT2D eigenvalue weighted by molar-refractivity contribution is 0.165. The molecule has 2 nitrogen and oxygen atoms in total. The number of nitrogens with two attached hydrogens (primary N) is 1. The fourth-order valence-corrected chi connectivity index (χ4v) is 3.47. The molecule has 2 atom stereocenters. The number of nitrogens with zero attached hydrogens (tertiary/aromatic N) is 1. The van der Waals surface area contributed by atoms with Crippen LogP contribution < -0.4 is 5.73 Å². The molecule has 100 valence electrons. The standard InChI is InChI=1S/C13H18F2N2S/c1-9-8-18-3-2-17(9)13(7-16)10-4-11(14)6-12(15)5-10/h4-6,9,13H,2-3,7-8,16H2,1H3. The van der Waals surface area contributed by atoms with E-state index in [9.17, 15) is 8.78 Å². The fourth-order valence-electron chi connectivity index (χ4n) is 2.43. The second kappa shape index (κ2) is 5.99. The van der Waals surface area contributed by atoms with Gasteiger partial charge in [0.25, 0.3) is 0 Å². The van der Waals surface area contributed by atoms with E-state index in [0.29, 0.717) is 18.2 Å². The quantitative estimate of drug-likeness (QED) is 0.916. The van der Waals surface area contributed by atoms with Crippen LogP contribution in [0.2, 0.25) is 0 Å². The van der Waals surface area contributed by atoms with E-state index in [-0.39, 0.29) is 6.04 Å². The Kier molecular flexibility index (Phi) is 4.59. The highest BCUT2D eigenvalue weighted by Gasteiger charge is 2.27. The average molecular weight is 272 g/mol. The summed E-state index contributed by atoms with van der Waals surface area (Å²) in [5, 5.41) is 0. The molecule has 1 aromatic carbocycles. The summed E-state index contributed by atoms with van der Waals surface area (Å²) >= 11 is 1.91. The SMILES string of the molecule is CC1CSCCN1C(CN)c1cc(F)cc(F)c1. The van der Waals surface area contributed by atoms with Crippen LogP contribution in [0.5, 0.6) is 0 Å². The Labute approximate surface area is 111 Å². The van der Waals surface area contributed by atoms with Crippen molar-refractivity contribution < 1.29 is 8.78 Å². The van der Waals surface area contributed by atoms with E-state index in [2.05, 4.69) is 11.8 Å². The Morgan fingerprint density at radius 3 is 2.61 bits per heavy atom. The van der Waals surface area contributed by atoms with Gasteiger partial charge in [-0.1, -0.05) is 0 Å². The molecule has 0 aromatic heterocycles. The molecule has 0 radical (unpaired) electrons. The van der Waals surface area contributed by atoms with E-state index in [1.54, 1.807) is 0 Å². The number of hydrogen-bond acceptors (Lipinski definition) is 3. The third kappa shape index (κ3) is 3.02. The van der Waals surface area contributed by atoms with Gasteiger partial charge in [-0.05, 0) is 24.6 Å². The van der Waals surface area contributed by atoms with E-state index < -0.39 is 11.6 Å². The highest BCUT2D eigenvalue weighted by atomic mass is 32.2. The van der Waals surface area contributed by atoms with Crippen LogP contribution in [-0.2, 0) is 0 Å². The molecular formula is C13H18F2N2S. The lowest BCUT2D eigenvalue weighted by atomic mass is 10.0.